The molecule has 0 heterocycles. The Bertz CT molecular complexity index is 350. The third-order valence-electron chi connectivity index (χ3n) is 4.85. The highest BCUT2D eigenvalue weighted by Crippen LogP contribution is 2.37. The maximum Gasteiger partial charge on any atom is 0.410 e. The first kappa shape index (κ1) is 16.6. The van der Waals surface area contributed by atoms with Gasteiger partial charge < -0.3 is 14.7 Å². The van der Waals surface area contributed by atoms with Gasteiger partial charge in [0.15, 0.2) is 0 Å². The van der Waals surface area contributed by atoms with Crippen LogP contribution in [0.1, 0.15) is 66.2 Å². The molecule has 1 amide bonds. The highest BCUT2D eigenvalue weighted by Gasteiger charge is 2.41. The Kier molecular flexibility index (Phi) is 5.18. The van der Waals surface area contributed by atoms with Crippen molar-refractivity contribution in [2.24, 2.45) is 11.8 Å². The zero-order chi connectivity index (χ0) is 15.6. The van der Waals surface area contributed by atoms with Gasteiger partial charge in [-0.15, -0.1) is 0 Å². The van der Waals surface area contributed by atoms with Crippen LogP contribution in [0.25, 0.3) is 0 Å². The molecule has 4 nitrogen and oxygen atoms in total. The normalized spacial score (nSPS) is 33.2. The van der Waals surface area contributed by atoms with Gasteiger partial charge in [-0.05, 0) is 71.1 Å². The van der Waals surface area contributed by atoms with E-state index in [4.69, 9.17) is 4.74 Å². The third kappa shape index (κ3) is 4.35. The van der Waals surface area contributed by atoms with Crippen molar-refractivity contribution in [2.45, 2.75) is 83.9 Å². The molecule has 2 fully saturated rings. The predicted molar refractivity (Wildman–Crippen MR) is 83.1 cm³/mol. The summed E-state index contributed by atoms with van der Waals surface area (Å²) in [5.74, 6) is 1.13. The lowest BCUT2D eigenvalue weighted by Crippen LogP contribution is -2.55. The molecule has 0 radical (unpaired) electrons. The quantitative estimate of drug-likeness (QED) is 0.866. The van der Waals surface area contributed by atoms with Gasteiger partial charge in [0.1, 0.15) is 5.60 Å². The molecule has 0 aromatic carbocycles. The van der Waals surface area contributed by atoms with E-state index in [0.717, 1.165) is 31.6 Å². The minimum absolute atomic E-state index is 0.163. The van der Waals surface area contributed by atoms with Gasteiger partial charge >= 0.3 is 6.09 Å². The number of nitrogens with zero attached hydrogens (tertiary/aromatic N) is 1. The molecule has 0 unspecified atom stereocenters. The topological polar surface area (TPSA) is 49.8 Å². The number of hydrogen-bond donors (Lipinski definition) is 1. The first-order chi connectivity index (χ1) is 9.80. The van der Waals surface area contributed by atoms with Gasteiger partial charge in [0.2, 0.25) is 0 Å². The summed E-state index contributed by atoms with van der Waals surface area (Å²) in [6.45, 7) is 8.29. The van der Waals surface area contributed by atoms with Gasteiger partial charge in [-0.25, -0.2) is 4.79 Å². The summed E-state index contributed by atoms with van der Waals surface area (Å²) in [6.07, 6.45) is 6.23. The number of aliphatic hydroxyl groups excluding tert-OH is 1. The van der Waals surface area contributed by atoms with Crippen LogP contribution in [0, 0.1) is 11.8 Å². The zero-order valence-corrected chi connectivity index (χ0v) is 14.0. The van der Waals surface area contributed by atoms with Crippen LogP contribution in [0.15, 0.2) is 0 Å². The van der Waals surface area contributed by atoms with Crippen molar-refractivity contribution in [3.8, 4) is 0 Å². The molecule has 4 heteroatoms. The van der Waals surface area contributed by atoms with Gasteiger partial charge in [-0.2, -0.15) is 0 Å². The van der Waals surface area contributed by atoms with Crippen molar-refractivity contribution in [1.29, 1.82) is 0 Å². The van der Waals surface area contributed by atoms with E-state index in [1.54, 1.807) is 0 Å². The summed E-state index contributed by atoms with van der Waals surface area (Å²) in [5.41, 5.74) is -0.447. The predicted octanol–water partition coefficient (Wildman–Crippen LogP) is 3.57. The molecular weight excluding hydrogens is 266 g/mol. The Morgan fingerprint density at radius 1 is 1.14 bits per heavy atom. The first-order valence-corrected chi connectivity index (χ1v) is 8.42. The lowest BCUT2D eigenvalue weighted by molar-refractivity contribution is -0.0297. The second-order valence-corrected chi connectivity index (χ2v) is 7.98. The summed E-state index contributed by atoms with van der Waals surface area (Å²) in [4.78, 5) is 14.6. The van der Waals surface area contributed by atoms with E-state index in [-0.39, 0.29) is 18.7 Å². The van der Waals surface area contributed by atoms with Crippen LogP contribution < -0.4 is 0 Å². The Morgan fingerprint density at radius 2 is 1.71 bits per heavy atom. The van der Waals surface area contributed by atoms with E-state index in [0.29, 0.717) is 12.0 Å². The number of hydrogen-bond acceptors (Lipinski definition) is 3. The molecule has 0 atom stereocenters. The van der Waals surface area contributed by atoms with Crippen LogP contribution in [-0.4, -0.2) is 40.4 Å². The molecule has 2 aliphatic rings. The van der Waals surface area contributed by atoms with Crippen LogP contribution in [0.2, 0.25) is 0 Å². The van der Waals surface area contributed by atoms with Crippen LogP contribution in [-0.2, 0) is 4.74 Å². The van der Waals surface area contributed by atoms with Crippen molar-refractivity contribution in [2.75, 3.05) is 6.61 Å². The van der Waals surface area contributed by atoms with E-state index in [1.807, 2.05) is 25.7 Å². The van der Waals surface area contributed by atoms with Crippen LogP contribution in [0.4, 0.5) is 4.79 Å². The summed E-state index contributed by atoms with van der Waals surface area (Å²) in [6, 6.07) is 0.580. The zero-order valence-electron chi connectivity index (χ0n) is 14.0. The molecule has 0 spiro atoms. The molecule has 0 aromatic heterocycles. The molecule has 0 saturated heterocycles. The molecule has 0 aliphatic heterocycles. The van der Waals surface area contributed by atoms with Crippen molar-refractivity contribution < 1.29 is 14.6 Å². The second kappa shape index (κ2) is 6.55. The number of aliphatic hydroxyl groups is 1. The van der Waals surface area contributed by atoms with Crippen molar-refractivity contribution in [3.63, 3.8) is 0 Å². The summed E-state index contributed by atoms with van der Waals surface area (Å²) in [7, 11) is 0. The maximum atomic E-state index is 12.6. The highest BCUT2D eigenvalue weighted by atomic mass is 16.6. The average Bonchev–Trinajstić information content (AvgIpc) is 2.32. The average molecular weight is 297 g/mol. The summed E-state index contributed by atoms with van der Waals surface area (Å²) in [5, 5.41) is 9.22. The fourth-order valence-corrected chi connectivity index (χ4v) is 3.51. The second-order valence-electron chi connectivity index (χ2n) is 7.98. The Morgan fingerprint density at radius 3 is 2.19 bits per heavy atom. The standard InChI is InChI=1S/C17H31NO3/c1-12-5-7-14(8-6-12)18(15-9-13(10-15)11-19)16(20)21-17(2,3)4/h12-15,19H,5-11H2,1-4H3/t12-,13?,14+,15?. The van der Waals surface area contributed by atoms with E-state index < -0.39 is 5.60 Å². The molecule has 21 heavy (non-hydrogen) atoms. The van der Waals surface area contributed by atoms with Crippen molar-refractivity contribution in [3.05, 3.63) is 0 Å². The van der Waals surface area contributed by atoms with Gasteiger partial charge in [0.25, 0.3) is 0 Å². The number of amides is 1. The van der Waals surface area contributed by atoms with Gasteiger partial charge in [0.05, 0.1) is 0 Å². The maximum absolute atomic E-state index is 12.6. The SMILES string of the molecule is CC(C)(C)OC(=O)N(C1CC(CO)C1)[C@H]1CC[C@@H](C)CC1. The molecule has 1 N–H and O–H groups in total. The fraction of sp³-hybridized carbons (Fsp3) is 0.941. The highest BCUT2D eigenvalue weighted by molar-refractivity contribution is 5.69. The van der Waals surface area contributed by atoms with Crippen LogP contribution in [0.3, 0.4) is 0 Å². The largest absolute Gasteiger partial charge is 0.444 e. The monoisotopic (exact) mass is 297 g/mol. The van der Waals surface area contributed by atoms with Crippen molar-refractivity contribution in [1.82, 2.24) is 4.90 Å². The number of rotatable bonds is 3. The Balaban J connectivity index is 2.02. The summed E-state index contributed by atoms with van der Waals surface area (Å²) >= 11 is 0. The summed E-state index contributed by atoms with van der Waals surface area (Å²) < 4.78 is 5.63. The molecule has 0 bridgehead atoms. The number of ether oxygens (including phenoxy) is 1. The van der Waals surface area contributed by atoms with E-state index in [1.165, 1.54) is 12.8 Å². The smallest absolute Gasteiger partial charge is 0.410 e. The lowest BCUT2D eigenvalue weighted by atomic mass is 9.77. The van der Waals surface area contributed by atoms with Gasteiger partial charge in [-0.1, -0.05) is 6.92 Å². The molecule has 122 valence electrons. The molecule has 2 rings (SSSR count). The first-order valence-electron chi connectivity index (χ1n) is 8.42. The van der Waals surface area contributed by atoms with Gasteiger partial charge in [0, 0.05) is 18.7 Å². The molecule has 2 aliphatic carbocycles. The van der Waals surface area contributed by atoms with E-state index >= 15 is 0 Å². The van der Waals surface area contributed by atoms with Gasteiger partial charge in [-0.3, -0.25) is 0 Å². The minimum Gasteiger partial charge on any atom is -0.444 e. The minimum atomic E-state index is -0.447. The van der Waals surface area contributed by atoms with E-state index in [2.05, 4.69) is 6.92 Å². The molecule has 0 aromatic rings. The van der Waals surface area contributed by atoms with Crippen LogP contribution >= 0.6 is 0 Å². The Labute approximate surface area is 128 Å². The van der Waals surface area contributed by atoms with Crippen LogP contribution in [0.5, 0.6) is 0 Å². The number of carbonyl (C=O) groups excluding carboxylic acids is 1. The fourth-order valence-electron chi connectivity index (χ4n) is 3.51. The number of carbonyl (C=O) groups is 1. The third-order valence-corrected chi connectivity index (χ3v) is 4.85. The van der Waals surface area contributed by atoms with Crippen molar-refractivity contribution >= 4 is 6.09 Å². The molecular formula is C17H31NO3. The molecule has 2 saturated carbocycles. The Hall–Kier alpha value is -0.770. The van der Waals surface area contributed by atoms with E-state index in [9.17, 15) is 9.90 Å². The lowest BCUT2D eigenvalue weighted by Gasteiger charge is -2.47.